The summed E-state index contributed by atoms with van der Waals surface area (Å²) in [6.45, 7) is 1.44. The number of nitrogen functional groups attached to an aromatic ring is 1. The molecule has 3 nitrogen and oxygen atoms in total. The van der Waals surface area contributed by atoms with Crippen molar-refractivity contribution in [2.75, 3.05) is 11.1 Å². The van der Waals surface area contributed by atoms with Crippen LogP contribution >= 0.6 is 15.9 Å². The molecule has 0 atom stereocenters. The van der Waals surface area contributed by atoms with Crippen LogP contribution in [0.25, 0.3) is 0 Å². The number of amides is 1. The maximum Gasteiger partial charge on any atom is 0.255 e. The highest BCUT2D eigenvalue weighted by molar-refractivity contribution is 9.10. The van der Waals surface area contributed by atoms with E-state index in [0.29, 0.717) is 10.2 Å². The molecule has 0 aliphatic carbocycles. The molecule has 0 fully saturated rings. The molecular formula is C14H11BrF2N2O. The molecule has 3 N–H and O–H groups in total. The third-order valence-corrected chi connectivity index (χ3v) is 3.48. The predicted octanol–water partition coefficient (Wildman–Crippen LogP) is 3.87. The van der Waals surface area contributed by atoms with Crippen LogP contribution < -0.4 is 11.1 Å². The molecule has 0 unspecified atom stereocenters. The number of anilines is 2. The summed E-state index contributed by atoms with van der Waals surface area (Å²) in [5, 5.41) is 2.32. The highest BCUT2D eigenvalue weighted by atomic mass is 79.9. The highest BCUT2D eigenvalue weighted by Crippen LogP contribution is 2.22. The lowest BCUT2D eigenvalue weighted by Gasteiger charge is -2.09. The molecule has 2 aromatic carbocycles. The van der Waals surface area contributed by atoms with Crippen LogP contribution in [0, 0.1) is 18.6 Å². The lowest BCUT2D eigenvalue weighted by Crippen LogP contribution is -2.13. The van der Waals surface area contributed by atoms with E-state index in [4.69, 9.17) is 5.73 Å². The molecule has 0 saturated heterocycles. The SMILES string of the molecule is Cc1cc(F)c(NC(=O)c2ccc(Br)c(N)c2)cc1F. The number of hydrogen-bond donors (Lipinski definition) is 2. The average Bonchev–Trinajstić information content (AvgIpc) is 2.39. The Morgan fingerprint density at radius 2 is 1.90 bits per heavy atom. The van der Waals surface area contributed by atoms with Crippen LogP contribution in [0.1, 0.15) is 15.9 Å². The molecule has 2 rings (SSSR count). The minimum atomic E-state index is -0.692. The fraction of sp³-hybridized carbons (Fsp3) is 0.0714. The summed E-state index contributed by atoms with van der Waals surface area (Å²) in [6, 6.07) is 6.56. The first-order valence-electron chi connectivity index (χ1n) is 5.70. The van der Waals surface area contributed by atoms with Crippen molar-refractivity contribution in [3.63, 3.8) is 0 Å². The van der Waals surface area contributed by atoms with Crippen molar-refractivity contribution in [3.8, 4) is 0 Å². The monoisotopic (exact) mass is 340 g/mol. The maximum atomic E-state index is 13.6. The van der Waals surface area contributed by atoms with Gasteiger partial charge in [-0.2, -0.15) is 0 Å². The predicted molar refractivity (Wildman–Crippen MR) is 77.6 cm³/mol. The Kier molecular flexibility index (Phi) is 4.04. The van der Waals surface area contributed by atoms with Gasteiger partial charge < -0.3 is 11.1 Å². The first-order chi connectivity index (χ1) is 9.38. The zero-order chi connectivity index (χ0) is 14.9. The van der Waals surface area contributed by atoms with Crippen LogP contribution in [0.4, 0.5) is 20.2 Å². The van der Waals surface area contributed by atoms with E-state index in [1.807, 2.05) is 0 Å². The molecule has 0 radical (unpaired) electrons. The standard InChI is InChI=1S/C14H11BrF2N2O/c1-7-4-11(17)13(6-10(7)16)19-14(20)8-2-3-9(15)12(18)5-8/h2-6H,18H2,1H3,(H,19,20). The highest BCUT2D eigenvalue weighted by Gasteiger charge is 2.12. The second-order valence-electron chi connectivity index (χ2n) is 4.27. The summed E-state index contributed by atoms with van der Waals surface area (Å²) in [6.07, 6.45) is 0. The number of carbonyl (C=O) groups is 1. The number of carbonyl (C=O) groups excluding carboxylic acids is 1. The lowest BCUT2D eigenvalue weighted by molar-refractivity contribution is 0.102. The Bertz CT molecular complexity index is 689. The normalized spacial score (nSPS) is 10.4. The molecular weight excluding hydrogens is 330 g/mol. The molecule has 0 aliphatic rings. The first-order valence-corrected chi connectivity index (χ1v) is 6.50. The number of hydrogen-bond acceptors (Lipinski definition) is 2. The Labute approximate surface area is 122 Å². The number of nitrogens with two attached hydrogens (primary N) is 1. The van der Waals surface area contributed by atoms with E-state index in [1.165, 1.54) is 19.1 Å². The van der Waals surface area contributed by atoms with Gasteiger partial charge in [0.15, 0.2) is 0 Å². The van der Waals surface area contributed by atoms with Crippen molar-refractivity contribution in [2.45, 2.75) is 6.92 Å². The molecule has 0 heterocycles. The van der Waals surface area contributed by atoms with Crippen LogP contribution in [-0.4, -0.2) is 5.91 Å². The van der Waals surface area contributed by atoms with Crippen molar-refractivity contribution < 1.29 is 13.6 Å². The summed E-state index contributed by atoms with van der Waals surface area (Å²) >= 11 is 3.21. The molecule has 1 amide bonds. The molecule has 0 spiro atoms. The quantitative estimate of drug-likeness (QED) is 0.815. The number of benzene rings is 2. The fourth-order valence-corrected chi connectivity index (χ4v) is 1.87. The van der Waals surface area contributed by atoms with Gasteiger partial charge in [-0.1, -0.05) is 0 Å². The smallest absolute Gasteiger partial charge is 0.255 e. The van der Waals surface area contributed by atoms with Gasteiger partial charge in [-0.3, -0.25) is 4.79 Å². The van der Waals surface area contributed by atoms with Gasteiger partial charge in [0.1, 0.15) is 11.6 Å². The van der Waals surface area contributed by atoms with Gasteiger partial charge in [0, 0.05) is 21.8 Å². The van der Waals surface area contributed by atoms with E-state index in [-0.39, 0.29) is 16.8 Å². The maximum absolute atomic E-state index is 13.6. The lowest BCUT2D eigenvalue weighted by atomic mass is 10.1. The van der Waals surface area contributed by atoms with Crippen molar-refractivity contribution >= 4 is 33.2 Å². The van der Waals surface area contributed by atoms with Crippen molar-refractivity contribution in [1.82, 2.24) is 0 Å². The van der Waals surface area contributed by atoms with E-state index in [1.54, 1.807) is 6.07 Å². The van der Waals surface area contributed by atoms with Gasteiger partial charge in [0.25, 0.3) is 5.91 Å². The first kappa shape index (κ1) is 14.5. The van der Waals surface area contributed by atoms with Gasteiger partial charge in [0.2, 0.25) is 0 Å². The zero-order valence-electron chi connectivity index (χ0n) is 10.5. The second-order valence-corrected chi connectivity index (χ2v) is 5.13. The summed E-state index contributed by atoms with van der Waals surface area (Å²) in [7, 11) is 0. The molecule has 0 saturated carbocycles. The summed E-state index contributed by atoms with van der Waals surface area (Å²) < 4.78 is 27.7. The van der Waals surface area contributed by atoms with Crippen molar-refractivity contribution in [3.05, 3.63) is 57.6 Å². The van der Waals surface area contributed by atoms with Crippen molar-refractivity contribution in [1.29, 1.82) is 0 Å². The van der Waals surface area contributed by atoms with E-state index >= 15 is 0 Å². The Hall–Kier alpha value is -1.95. The molecule has 0 bridgehead atoms. The molecule has 2 aromatic rings. The van der Waals surface area contributed by atoms with Crippen LogP contribution in [0.2, 0.25) is 0 Å². The Morgan fingerprint density at radius 1 is 1.20 bits per heavy atom. The number of halogens is 3. The molecule has 104 valence electrons. The topological polar surface area (TPSA) is 55.1 Å². The number of nitrogens with one attached hydrogen (secondary N) is 1. The fourth-order valence-electron chi connectivity index (χ4n) is 1.62. The van der Waals surface area contributed by atoms with Crippen LogP contribution in [-0.2, 0) is 0 Å². The molecule has 0 aliphatic heterocycles. The number of rotatable bonds is 2. The van der Waals surface area contributed by atoms with Gasteiger partial charge in [-0.15, -0.1) is 0 Å². The van der Waals surface area contributed by atoms with Gasteiger partial charge >= 0.3 is 0 Å². The van der Waals surface area contributed by atoms with Gasteiger partial charge in [-0.05, 0) is 52.7 Å². The summed E-state index contributed by atoms with van der Waals surface area (Å²) in [4.78, 5) is 12.0. The molecule has 6 heteroatoms. The van der Waals surface area contributed by atoms with E-state index in [0.717, 1.165) is 12.1 Å². The largest absolute Gasteiger partial charge is 0.398 e. The van der Waals surface area contributed by atoms with Crippen molar-refractivity contribution in [2.24, 2.45) is 0 Å². The van der Waals surface area contributed by atoms with Gasteiger partial charge in [-0.25, -0.2) is 8.78 Å². The number of aryl methyl sites for hydroxylation is 1. The second kappa shape index (κ2) is 5.58. The van der Waals surface area contributed by atoms with Crippen LogP contribution in [0.5, 0.6) is 0 Å². The Balaban J connectivity index is 2.27. The molecule has 20 heavy (non-hydrogen) atoms. The average molecular weight is 341 g/mol. The zero-order valence-corrected chi connectivity index (χ0v) is 12.1. The van der Waals surface area contributed by atoms with E-state index < -0.39 is 17.5 Å². The summed E-state index contributed by atoms with van der Waals surface area (Å²) in [5.41, 5.74) is 6.27. The van der Waals surface area contributed by atoms with E-state index in [2.05, 4.69) is 21.2 Å². The van der Waals surface area contributed by atoms with Crippen LogP contribution in [0.15, 0.2) is 34.8 Å². The van der Waals surface area contributed by atoms with Gasteiger partial charge in [0.05, 0.1) is 5.69 Å². The third kappa shape index (κ3) is 2.96. The third-order valence-electron chi connectivity index (χ3n) is 2.75. The minimum Gasteiger partial charge on any atom is -0.398 e. The van der Waals surface area contributed by atoms with Crippen LogP contribution in [0.3, 0.4) is 0 Å². The van der Waals surface area contributed by atoms with E-state index in [9.17, 15) is 13.6 Å². The Morgan fingerprint density at radius 3 is 2.55 bits per heavy atom. The molecule has 0 aromatic heterocycles. The minimum absolute atomic E-state index is 0.174. The summed E-state index contributed by atoms with van der Waals surface area (Å²) in [5.74, 6) is -1.84.